The molecular formula is C21H31N5O. The summed E-state index contributed by atoms with van der Waals surface area (Å²) >= 11 is 0. The lowest BCUT2D eigenvalue weighted by atomic mass is 9.90. The normalized spacial score (nSPS) is 19.1. The maximum Gasteiger partial charge on any atom is 0.222 e. The first-order valence-electron chi connectivity index (χ1n) is 9.81. The number of hydrogen-bond donors (Lipinski definition) is 1. The van der Waals surface area contributed by atoms with Gasteiger partial charge in [-0.2, -0.15) is 5.10 Å². The van der Waals surface area contributed by atoms with Crippen LogP contribution in [0.15, 0.2) is 18.2 Å². The van der Waals surface area contributed by atoms with Crippen LogP contribution < -0.4 is 5.32 Å². The van der Waals surface area contributed by atoms with Crippen LogP contribution >= 0.6 is 0 Å². The topological polar surface area (TPSA) is 63.1 Å². The molecule has 0 radical (unpaired) electrons. The molecule has 0 unspecified atom stereocenters. The Labute approximate surface area is 162 Å². The molecule has 3 rings (SSSR count). The Hall–Kier alpha value is -2.21. The Morgan fingerprint density at radius 2 is 2.00 bits per heavy atom. The van der Waals surface area contributed by atoms with Gasteiger partial charge in [-0.3, -0.25) is 19.4 Å². The molecule has 2 atom stereocenters. The lowest BCUT2D eigenvalue weighted by Gasteiger charge is -2.36. The number of anilines is 1. The first-order valence-corrected chi connectivity index (χ1v) is 9.81. The summed E-state index contributed by atoms with van der Waals surface area (Å²) in [7, 11) is 1.87. The van der Waals surface area contributed by atoms with E-state index in [1.807, 2.05) is 13.1 Å². The van der Waals surface area contributed by atoms with E-state index in [0.29, 0.717) is 5.92 Å². The second-order valence-corrected chi connectivity index (χ2v) is 7.90. The predicted octanol–water partition coefficient (Wildman–Crippen LogP) is 3.41. The molecule has 0 aromatic carbocycles. The molecule has 1 saturated heterocycles. The summed E-state index contributed by atoms with van der Waals surface area (Å²) in [6.07, 6.45) is 3.58. The number of piperidine rings is 1. The summed E-state index contributed by atoms with van der Waals surface area (Å²) in [6.45, 7) is 10.0. The zero-order valence-electron chi connectivity index (χ0n) is 17.1. The summed E-state index contributed by atoms with van der Waals surface area (Å²) in [4.78, 5) is 18.4. The lowest BCUT2D eigenvalue weighted by molar-refractivity contribution is -0.114. The number of aryl methyl sites for hydroxylation is 3. The molecular weight excluding hydrogens is 338 g/mol. The number of likely N-dealkylation sites (tertiary alicyclic amines) is 1. The van der Waals surface area contributed by atoms with Crippen molar-refractivity contribution in [3.05, 3.63) is 40.8 Å². The molecule has 6 heteroatoms. The number of nitrogens with zero attached hydrogens (tertiary/aromatic N) is 4. The fraction of sp³-hybridized carbons (Fsp3) is 0.571. The molecule has 2 aromatic rings. The van der Waals surface area contributed by atoms with E-state index in [0.717, 1.165) is 42.4 Å². The third-order valence-corrected chi connectivity index (χ3v) is 5.39. The van der Waals surface area contributed by atoms with Crippen LogP contribution in [0.5, 0.6) is 0 Å². The highest BCUT2D eigenvalue weighted by atomic mass is 16.1. The van der Waals surface area contributed by atoms with Crippen LogP contribution in [0.4, 0.5) is 5.82 Å². The van der Waals surface area contributed by atoms with Crippen molar-refractivity contribution < 1.29 is 4.79 Å². The van der Waals surface area contributed by atoms with E-state index in [-0.39, 0.29) is 11.9 Å². The van der Waals surface area contributed by atoms with E-state index in [1.165, 1.54) is 25.3 Å². The summed E-state index contributed by atoms with van der Waals surface area (Å²) < 4.78 is 1.75. The molecule has 3 heterocycles. The molecule has 1 aliphatic rings. The first kappa shape index (κ1) is 19.5. The van der Waals surface area contributed by atoms with Crippen molar-refractivity contribution in [3.63, 3.8) is 0 Å². The van der Waals surface area contributed by atoms with Gasteiger partial charge in [-0.05, 0) is 70.2 Å². The highest BCUT2D eigenvalue weighted by Crippen LogP contribution is 2.29. The van der Waals surface area contributed by atoms with E-state index in [9.17, 15) is 4.79 Å². The molecule has 1 N–H and O–H groups in total. The highest BCUT2D eigenvalue weighted by molar-refractivity contribution is 5.87. The van der Waals surface area contributed by atoms with Crippen LogP contribution in [0.1, 0.15) is 55.4 Å². The maximum absolute atomic E-state index is 11.3. The van der Waals surface area contributed by atoms with E-state index in [2.05, 4.69) is 53.2 Å². The number of amides is 1. The lowest BCUT2D eigenvalue weighted by Crippen LogP contribution is -2.38. The predicted molar refractivity (Wildman–Crippen MR) is 108 cm³/mol. The van der Waals surface area contributed by atoms with Gasteiger partial charge in [0.1, 0.15) is 5.82 Å². The number of pyridine rings is 1. The molecule has 2 aromatic heterocycles. The van der Waals surface area contributed by atoms with E-state index in [1.54, 1.807) is 4.68 Å². The minimum absolute atomic E-state index is 0.0711. The SMILES string of the molecule is CC(=O)Nc1cc([C@@H](C)N2CCC[C@H](Cc3cc(C)nc(C)c3)C2)nn1C. The van der Waals surface area contributed by atoms with Gasteiger partial charge in [0.15, 0.2) is 0 Å². The Morgan fingerprint density at radius 3 is 2.67 bits per heavy atom. The average molecular weight is 370 g/mol. The first-order chi connectivity index (χ1) is 12.8. The standard InChI is InChI=1S/C21H31N5O/c1-14-9-19(10-15(2)22-14)11-18-7-6-8-26(13-18)16(3)20-12-21(23-17(4)27)25(5)24-20/h9-10,12,16,18H,6-8,11,13H2,1-5H3,(H,23,27)/t16-,18-/m1/s1. The number of rotatable bonds is 5. The van der Waals surface area contributed by atoms with E-state index >= 15 is 0 Å². The fourth-order valence-corrected chi connectivity index (χ4v) is 4.17. The fourth-order valence-electron chi connectivity index (χ4n) is 4.17. The molecule has 146 valence electrons. The minimum Gasteiger partial charge on any atom is -0.311 e. The smallest absolute Gasteiger partial charge is 0.222 e. The van der Waals surface area contributed by atoms with Gasteiger partial charge in [0.25, 0.3) is 0 Å². The minimum atomic E-state index is -0.0711. The third kappa shape index (κ3) is 4.95. The van der Waals surface area contributed by atoms with Crippen LogP contribution in [-0.4, -0.2) is 38.7 Å². The number of aromatic nitrogens is 3. The van der Waals surface area contributed by atoms with Crippen LogP contribution in [0.25, 0.3) is 0 Å². The largest absolute Gasteiger partial charge is 0.311 e. The number of carbonyl (C=O) groups excluding carboxylic acids is 1. The number of nitrogens with one attached hydrogen (secondary N) is 1. The molecule has 0 bridgehead atoms. The van der Waals surface area contributed by atoms with Crippen molar-refractivity contribution in [1.29, 1.82) is 0 Å². The van der Waals surface area contributed by atoms with Crippen LogP contribution in [0, 0.1) is 19.8 Å². The van der Waals surface area contributed by atoms with Crippen molar-refractivity contribution in [2.45, 2.75) is 53.0 Å². The monoisotopic (exact) mass is 369 g/mol. The van der Waals surface area contributed by atoms with Gasteiger partial charge in [0.2, 0.25) is 5.91 Å². The average Bonchev–Trinajstić information content (AvgIpc) is 2.93. The third-order valence-electron chi connectivity index (χ3n) is 5.39. The Bertz CT molecular complexity index is 793. The quantitative estimate of drug-likeness (QED) is 0.877. The molecule has 6 nitrogen and oxygen atoms in total. The molecule has 0 aliphatic carbocycles. The Morgan fingerprint density at radius 1 is 1.30 bits per heavy atom. The molecule has 1 amide bonds. The zero-order chi connectivity index (χ0) is 19.6. The van der Waals surface area contributed by atoms with Crippen molar-refractivity contribution in [1.82, 2.24) is 19.7 Å². The van der Waals surface area contributed by atoms with E-state index < -0.39 is 0 Å². The molecule has 0 spiro atoms. The van der Waals surface area contributed by atoms with Crippen molar-refractivity contribution in [2.75, 3.05) is 18.4 Å². The van der Waals surface area contributed by atoms with Gasteiger partial charge in [-0.1, -0.05) is 0 Å². The van der Waals surface area contributed by atoms with Gasteiger partial charge in [0.05, 0.1) is 11.7 Å². The van der Waals surface area contributed by atoms with Crippen LogP contribution in [0.2, 0.25) is 0 Å². The highest BCUT2D eigenvalue weighted by Gasteiger charge is 2.26. The van der Waals surface area contributed by atoms with Crippen molar-refractivity contribution in [3.8, 4) is 0 Å². The van der Waals surface area contributed by atoms with Crippen molar-refractivity contribution in [2.24, 2.45) is 13.0 Å². The summed E-state index contributed by atoms with van der Waals surface area (Å²) in [5.74, 6) is 1.33. The van der Waals surface area contributed by atoms with Crippen LogP contribution in [0.3, 0.4) is 0 Å². The summed E-state index contributed by atoms with van der Waals surface area (Å²) in [6, 6.07) is 6.66. The van der Waals surface area contributed by atoms with E-state index in [4.69, 9.17) is 0 Å². The number of carbonyl (C=O) groups is 1. The van der Waals surface area contributed by atoms with Gasteiger partial charge in [-0.25, -0.2) is 0 Å². The Kier molecular flexibility index (Phi) is 5.95. The summed E-state index contributed by atoms with van der Waals surface area (Å²) in [5.41, 5.74) is 4.61. The molecule has 0 saturated carbocycles. The summed E-state index contributed by atoms with van der Waals surface area (Å²) in [5, 5.41) is 7.46. The second kappa shape index (κ2) is 8.21. The molecule has 1 fully saturated rings. The van der Waals surface area contributed by atoms with Gasteiger partial charge < -0.3 is 5.32 Å². The van der Waals surface area contributed by atoms with Crippen LogP contribution in [-0.2, 0) is 18.3 Å². The number of hydrogen-bond acceptors (Lipinski definition) is 4. The van der Waals surface area contributed by atoms with Crippen molar-refractivity contribution >= 4 is 11.7 Å². The molecule has 1 aliphatic heterocycles. The Balaban J connectivity index is 1.67. The van der Waals surface area contributed by atoms with Gasteiger partial charge >= 0.3 is 0 Å². The molecule has 27 heavy (non-hydrogen) atoms. The van der Waals surface area contributed by atoms with Gasteiger partial charge in [0, 0.05) is 38.0 Å². The maximum atomic E-state index is 11.3. The van der Waals surface area contributed by atoms with Gasteiger partial charge in [-0.15, -0.1) is 0 Å². The zero-order valence-corrected chi connectivity index (χ0v) is 17.1. The second-order valence-electron chi connectivity index (χ2n) is 7.90.